The molecule has 2 N–H and O–H groups in total. The minimum atomic E-state index is -5.24. The van der Waals surface area contributed by atoms with Crippen LogP contribution < -0.4 is 0 Å². The van der Waals surface area contributed by atoms with Gasteiger partial charge >= 0.3 is 0 Å². The van der Waals surface area contributed by atoms with Gasteiger partial charge in [-0.25, -0.2) is 8.78 Å². The summed E-state index contributed by atoms with van der Waals surface area (Å²) in [6, 6.07) is 0. The van der Waals surface area contributed by atoms with Crippen molar-refractivity contribution in [3.63, 3.8) is 0 Å². The molecular weight excluding hydrogens is 294 g/mol. The van der Waals surface area contributed by atoms with E-state index in [1.54, 1.807) is 0 Å². The van der Waals surface area contributed by atoms with Crippen molar-refractivity contribution in [1.82, 2.24) is 0 Å². The van der Waals surface area contributed by atoms with E-state index < -0.39 is 42.1 Å². The first-order chi connectivity index (χ1) is 7.56. The normalized spacial score (nSPS) is 18.4. The van der Waals surface area contributed by atoms with Gasteiger partial charge in [-0.3, -0.25) is 9.11 Å². The van der Waals surface area contributed by atoms with Crippen LogP contribution >= 0.6 is 0 Å². The molecule has 0 aromatic carbocycles. The van der Waals surface area contributed by atoms with Gasteiger partial charge in [0.2, 0.25) is 0 Å². The molecule has 10 heteroatoms. The van der Waals surface area contributed by atoms with Crippen molar-refractivity contribution >= 4 is 20.2 Å². The molecule has 0 bridgehead atoms. The van der Waals surface area contributed by atoms with E-state index in [1.807, 2.05) is 0 Å². The molecule has 0 aliphatic carbocycles. The predicted molar refractivity (Wildman–Crippen MR) is 60.8 cm³/mol. The molecule has 1 unspecified atom stereocenters. The lowest BCUT2D eigenvalue weighted by Gasteiger charge is -2.41. The van der Waals surface area contributed by atoms with Gasteiger partial charge in [-0.2, -0.15) is 16.8 Å². The second-order valence-electron chi connectivity index (χ2n) is 4.62. The Kier molecular flexibility index (Phi) is 4.28. The first kappa shape index (κ1) is 17.7. The Morgan fingerprint density at radius 1 is 0.944 bits per heavy atom. The first-order valence-electron chi connectivity index (χ1n) is 4.88. The summed E-state index contributed by atoms with van der Waals surface area (Å²) in [6.07, 6.45) is -0.738. The van der Waals surface area contributed by atoms with Gasteiger partial charge in [0.15, 0.2) is 9.49 Å². The van der Waals surface area contributed by atoms with Gasteiger partial charge in [0, 0.05) is 0 Å². The van der Waals surface area contributed by atoms with E-state index in [9.17, 15) is 25.6 Å². The van der Waals surface area contributed by atoms with Crippen LogP contribution in [0.5, 0.6) is 0 Å². The fourth-order valence-corrected chi connectivity index (χ4v) is 2.92. The van der Waals surface area contributed by atoms with Gasteiger partial charge in [0.25, 0.3) is 26.2 Å². The van der Waals surface area contributed by atoms with Gasteiger partial charge in [-0.1, -0.05) is 6.92 Å². The summed E-state index contributed by atoms with van der Waals surface area (Å²) in [6.45, 7) is 2.56. The minimum absolute atomic E-state index is 0.488. The largest absolute Gasteiger partial charge is 0.290 e. The third kappa shape index (κ3) is 2.26. The average Bonchev–Trinajstić information content (AvgIpc) is 2.12. The molecule has 6 nitrogen and oxygen atoms in total. The predicted octanol–water partition coefficient (Wildman–Crippen LogP) is 1.34. The maximum Gasteiger partial charge on any atom is 0.290 e. The van der Waals surface area contributed by atoms with Crippen LogP contribution in [0.15, 0.2) is 0 Å². The maximum absolute atomic E-state index is 14.2. The van der Waals surface area contributed by atoms with E-state index in [2.05, 4.69) is 0 Å². The van der Waals surface area contributed by atoms with Crippen LogP contribution in [0.2, 0.25) is 0 Å². The molecule has 0 aliphatic rings. The molecule has 0 fully saturated rings. The Morgan fingerprint density at radius 2 is 1.28 bits per heavy atom. The number of hydrogen-bond donors (Lipinski definition) is 2. The van der Waals surface area contributed by atoms with E-state index in [0.717, 1.165) is 6.92 Å². The van der Waals surface area contributed by atoms with Gasteiger partial charge in [0.05, 0.1) is 0 Å². The van der Waals surface area contributed by atoms with Gasteiger partial charge in [-0.15, -0.1) is 0 Å². The molecular formula is C8H16F2O6S2. The highest BCUT2D eigenvalue weighted by Gasteiger charge is 2.69. The molecule has 0 aromatic rings. The lowest BCUT2D eigenvalue weighted by Crippen LogP contribution is -2.64. The highest BCUT2D eigenvalue weighted by atomic mass is 32.2. The summed E-state index contributed by atoms with van der Waals surface area (Å²) in [5.41, 5.74) is 0. The van der Waals surface area contributed by atoms with Crippen molar-refractivity contribution in [3.8, 4) is 0 Å². The Balaban J connectivity index is 6.26. The highest BCUT2D eigenvalue weighted by molar-refractivity contribution is 7.88. The minimum Gasteiger partial charge on any atom is -0.285 e. The lowest BCUT2D eigenvalue weighted by molar-refractivity contribution is -0.0718. The topological polar surface area (TPSA) is 109 Å². The van der Waals surface area contributed by atoms with Crippen molar-refractivity contribution in [2.24, 2.45) is 0 Å². The summed E-state index contributed by atoms with van der Waals surface area (Å²) in [4.78, 5) is 0. The maximum atomic E-state index is 14.2. The molecule has 1 atom stereocenters. The smallest absolute Gasteiger partial charge is 0.285 e. The Hall–Kier alpha value is -0.320. The summed E-state index contributed by atoms with van der Waals surface area (Å²) in [7, 11) is -10.5. The van der Waals surface area contributed by atoms with Gasteiger partial charge in [0.1, 0.15) is 0 Å². The molecule has 0 saturated carbocycles. The van der Waals surface area contributed by atoms with Crippen molar-refractivity contribution in [2.45, 2.75) is 49.5 Å². The van der Waals surface area contributed by atoms with E-state index in [4.69, 9.17) is 9.11 Å². The molecule has 0 rings (SSSR count). The van der Waals surface area contributed by atoms with Crippen molar-refractivity contribution in [3.05, 3.63) is 0 Å². The van der Waals surface area contributed by atoms with Crippen LogP contribution in [0, 0.1) is 0 Å². The zero-order chi connectivity index (χ0) is 15.2. The van der Waals surface area contributed by atoms with E-state index in [0.29, 0.717) is 20.8 Å². The monoisotopic (exact) mass is 310 g/mol. The third-order valence-corrected chi connectivity index (χ3v) is 6.54. The zero-order valence-electron chi connectivity index (χ0n) is 10.3. The first-order valence-corrected chi connectivity index (χ1v) is 7.76. The Bertz CT molecular complexity index is 522. The second-order valence-corrected chi connectivity index (χ2v) is 8.44. The third-order valence-electron chi connectivity index (χ3n) is 3.31. The fraction of sp³-hybridized carbons (Fsp3) is 1.00. The molecule has 110 valence electrons. The van der Waals surface area contributed by atoms with E-state index in [-0.39, 0.29) is 0 Å². The van der Waals surface area contributed by atoms with Crippen LogP contribution in [-0.4, -0.2) is 41.4 Å². The van der Waals surface area contributed by atoms with E-state index >= 15 is 0 Å². The number of alkyl halides is 2. The standard InChI is InChI=1S/C8H16F2O6S2/c1-5-7(4,18(14,15)16)8(9,10)6(2,3)17(11,12)13/h5H2,1-4H3,(H,11,12,13)(H,14,15,16). The number of halogens is 2. The molecule has 0 spiro atoms. The molecule has 0 aromatic heterocycles. The Labute approximate surface area is 105 Å². The average molecular weight is 310 g/mol. The Morgan fingerprint density at radius 3 is 1.44 bits per heavy atom. The zero-order valence-corrected chi connectivity index (χ0v) is 11.9. The van der Waals surface area contributed by atoms with Crippen molar-refractivity contribution in [2.75, 3.05) is 0 Å². The molecule has 0 amide bonds. The quantitative estimate of drug-likeness (QED) is 0.742. The summed E-state index contributed by atoms with van der Waals surface area (Å²) >= 11 is 0. The molecule has 0 aliphatic heterocycles. The van der Waals surface area contributed by atoms with E-state index in [1.165, 1.54) is 0 Å². The van der Waals surface area contributed by atoms with Crippen molar-refractivity contribution < 1.29 is 34.7 Å². The van der Waals surface area contributed by atoms with Crippen LogP contribution in [-0.2, 0) is 20.2 Å². The number of rotatable bonds is 5. The lowest BCUT2D eigenvalue weighted by atomic mass is 9.90. The van der Waals surface area contributed by atoms with Crippen LogP contribution in [0.4, 0.5) is 8.78 Å². The summed E-state index contributed by atoms with van der Waals surface area (Å²) < 4.78 is 84.2. The highest BCUT2D eigenvalue weighted by Crippen LogP contribution is 2.47. The molecule has 0 saturated heterocycles. The van der Waals surface area contributed by atoms with Crippen LogP contribution in [0.25, 0.3) is 0 Å². The molecule has 0 radical (unpaired) electrons. The summed E-state index contributed by atoms with van der Waals surface area (Å²) in [5.74, 6) is -4.41. The fourth-order valence-electron chi connectivity index (χ4n) is 1.37. The van der Waals surface area contributed by atoms with Gasteiger partial charge < -0.3 is 0 Å². The SMILES string of the molecule is CCC(C)(C(F)(F)C(C)(C)S(=O)(=O)O)S(=O)(=O)O. The second kappa shape index (κ2) is 4.36. The number of hydrogen-bond acceptors (Lipinski definition) is 4. The van der Waals surface area contributed by atoms with Gasteiger partial charge in [-0.05, 0) is 27.2 Å². The van der Waals surface area contributed by atoms with Crippen LogP contribution in [0.3, 0.4) is 0 Å². The van der Waals surface area contributed by atoms with Crippen molar-refractivity contribution in [1.29, 1.82) is 0 Å². The van der Waals surface area contributed by atoms with Crippen LogP contribution in [0.1, 0.15) is 34.1 Å². The summed E-state index contributed by atoms with van der Waals surface area (Å²) in [5, 5.41) is 0. The molecule has 0 heterocycles. The molecule has 18 heavy (non-hydrogen) atoms.